The Morgan fingerprint density at radius 2 is 2.13 bits per heavy atom. The van der Waals surface area contributed by atoms with Gasteiger partial charge in [-0.2, -0.15) is 0 Å². The predicted octanol–water partition coefficient (Wildman–Crippen LogP) is 3.77. The molecule has 0 saturated carbocycles. The second-order valence-corrected chi connectivity index (χ2v) is 8.39. The Kier molecular flexibility index (Phi) is 7.44. The van der Waals surface area contributed by atoms with Gasteiger partial charge in [-0.3, -0.25) is 15.1 Å². The molecule has 2 aromatic heterocycles. The molecule has 0 amide bonds. The molecule has 1 fully saturated rings. The molecule has 0 radical (unpaired) electrons. The molecule has 1 aliphatic rings. The standard InChI is InChI=1S/C21H25N5O4S/c27-26(28)17-8-6-16(7-9-17)13-31-21-19-20(22-14-23-21)25(15-24-19)10-2-4-12-30-18-5-1-3-11-29-18/h6-9,14-15,18H,1-5,10-13H2/p+1. The first-order valence-electron chi connectivity index (χ1n) is 10.5. The predicted molar refractivity (Wildman–Crippen MR) is 116 cm³/mol. The lowest BCUT2D eigenvalue weighted by molar-refractivity contribution is -0.673. The number of nitrogens with zero attached hydrogens (tertiary/aromatic N) is 4. The third kappa shape index (κ3) is 5.78. The summed E-state index contributed by atoms with van der Waals surface area (Å²) in [4.78, 5) is 22.5. The summed E-state index contributed by atoms with van der Waals surface area (Å²) in [5.41, 5.74) is 2.88. The van der Waals surface area contributed by atoms with Crippen LogP contribution in [0.15, 0.2) is 41.9 Å². The summed E-state index contributed by atoms with van der Waals surface area (Å²) >= 11 is 1.58. The van der Waals surface area contributed by atoms with Crippen LogP contribution < -0.4 is 4.57 Å². The summed E-state index contributed by atoms with van der Waals surface area (Å²) in [5.74, 6) is 0.670. The van der Waals surface area contributed by atoms with Crippen LogP contribution in [0.5, 0.6) is 0 Å². The van der Waals surface area contributed by atoms with Gasteiger partial charge in [0.2, 0.25) is 5.52 Å². The molecule has 0 spiro atoms. The minimum atomic E-state index is -0.390. The average Bonchev–Trinajstić information content (AvgIpc) is 3.22. The zero-order valence-corrected chi connectivity index (χ0v) is 18.1. The topological polar surface area (TPSA) is 107 Å². The lowest BCUT2D eigenvalue weighted by Gasteiger charge is -2.22. The van der Waals surface area contributed by atoms with E-state index in [4.69, 9.17) is 9.47 Å². The van der Waals surface area contributed by atoms with Crippen molar-refractivity contribution in [2.75, 3.05) is 13.2 Å². The number of aromatic nitrogens is 4. The van der Waals surface area contributed by atoms with E-state index in [-0.39, 0.29) is 12.0 Å². The van der Waals surface area contributed by atoms with Crippen molar-refractivity contribution >= 4 is 28.6 Å². The molecule has 0 bridgehead atoms. The Bertz CT molecular complexity index is 1000. The fourth-order valence-electron chi connectivity index (χ4n) is 3.50. The summed E-state index contributed by atoms with van der Waals surface area (Å²) < 4.78 is 13.5. The van der Waals surface area contributed by atoms with E-state index in [2.05, 4.69) is 19.5 Å². The molecule has 9 nitrogen and oxygen atoms in total. The number of unbranched alkanes of at least 4 members (excludes halogenated alkanes) is 1. The third-order valence-corrected chi connectivity index (χ3v) is 6.25. The maximum atomic E-state index is 10.8. The monoisotopic (exact) mass is 444 g/mol. The number of ether oxygens (including phenoxy) is 2. The number of hydrogen-bond acceptors (Lipinski definition) is 7. The van der Waals surface area contributed by atoms with Gasteiger partial charge in [-0.1, -0.05) is 28.9 Å². The van der Waals surface area contributed by atoms with Gasteiger partial charge in [-0.05, 0) is 37.7 Å². The molecular weight excluding hydrogens is 418 g/mol. The number of nitro benzene ring substituents is 1. The Morgan fingerprint density at radius 1 is 1.26 bits per heavy atom. The van der Waals surface area contributed by atoms with Crippen LogP contribution in [0.4, 0.5) is 5.69 Å². The molecule has 1 N–H and O–H groups in total. The van der Waals surface area contributed by atoms with Gasteiger partial charge in [0, 0.05) is 31.1 Å². The first-order chi connectivity index (χ1) is 15.2. The van der Waals surface area contributed by atoms with Gasteiger partial charge in [0.25, 0.3) is 5.69 Å². The van der Waals surface area contributed by atoms with Crippen LogP contribution in [0.2, 0.25) is 0 Å². The lowest BCUT2D eigenvalue weighted by atomic mass is 10.2. The summed E-state index contributed by atoms with van der Waals surface area (Å²) in [7, 11) is 0. The van der Waals surface area contributed by atoms with E-state index in [1.165, 1.54) is 18.6 Å². The van der Waals surface area contributed by atoms with Crippen molar-refractivity contribution in [1.29, 1.82) is 0 Å². The quantitative estimate of drug-likeness (QED) is 0.127. The number of non-ortho nitro benzene ring substituents is 1. The molecule has 1 aliphatic heterocycles. The zero-order valence-electron chi connectivity index (χ0n) is 17.2. The maximum absolute atomic E-state index is 10.8. The van der Waals surface area contributed by atoms with Crippen LogP contribution >= 0.6 is 11.8 Å². The van der Waals surface area contributed by atoms with E-state index in [1.807, 2.05) is 6.33 Å². The van der Waals surface area contributed by atoms with Crippen molar-refractivity contribution in [1.82, 2.24) is 15.0 Å². The van der Waals surface area contributed by atoms with E-state index in [0.29, 0.717) is 12.4 Å². The van der Waals surface area contributed by atoms with Crippen LogP contribution in [0, 0.1) is 10.1 Å². The molecular formula is C21H26N5O4S+. The molecule has 3 heterocycles. The number of thioether (sulfide) groups is 1. The van der Waals surface area contributed by atoms with Gasteiger partial charge in [-0.15, -0.1) is 0 Å². The van der Waals surface area contributed by atoms with Gasteiger partial charge in [0.15, 0.2) is 18.9 Å². The number of H-pyrrole nitrogens is 1. The van der Waals surface area contributed by atoms with Crippen molar-refractivity contribution in [3.05, 3.63) is 52.6 Å². The fraction of sp³-hybridized carbons (Fsp3) is 0.476. The van der Waals surface area contributed by atoms with Crippen LogP contribution in [-0.4, -0.2) is 39.4 Å². The smallest absolute Gasteiger partial charge is 0.306 e. The minimum absolute atomic E-state index is 0.0300. The Balaban J connectivity index is 1.29. The Hall–Kier alpha value is -2.56. The van der Waals surface area contributed by atoms with E-state index >= 15 is 0 Å². The van der Waals surface area contributed by atoms with Gasteiger partial charge < -0.3 is 9.47 Å². The number of nitrogens with one attached hydrogen (secondary N) is 1. The first kappa shape index (κ1) is 21.7. The molecule has 4 rings (SSSR count). The van der Waals surface area contributed by atoms with E-state index < -0.39 is 4.92 Å². The Morgan fingerprint density at radius 3 is 2.90 bits per heavy atom. The normalized spacial score (nSPS) is 16.6. The summed E-state index contributed by atoms with van der Waals surface area (Å²) in [6, 6.07) is 6.61. The number of benzene rings is 1. The van der Waals surface area contributed by atoms with Gasteiger partial charge in [0.05, 0.1) is 11.5 Å². The summed E-state index contributed by atoms with van der Waals surface area (Å²) in [5, 5.41) is 11.6. The molecule has 0 aliphatic carbocycles. The number of hydrogen-bond donors (Lipinski definition) is 1. The van der Waals surface area contributed by atoms with Crippen LogP contribution in [0.25, 0.3) is 11.2 Å². The minimum Gasteiger partial charge on any atom is -0.353 e. The highest BCUT2D eigenvalue weighted by Crippen LogP contribution is 2.26. The second-order valence-electron chi connectivity index (χ2n) is 7.43. The van der Waals surface area contributed by atoms with Crippen molar-refractivity contribution in [2.24, 2.45) is 0 Å². The van der Waals surface area contributed by atoms with Gasteiger partial charge in [-0.25, -0.2) is 9.55 Å². The van der Waals surface area contributed by atoms with Crippen LogP contribution in [0.1, 0.15) is 37.7 Å². The van der Waals surface area contributed by atoms with E-state index in [9.17, 15) is 10.1 Å². The maximum Gasteiger partial charge on any atom is 0.306 e. The van der Waals surface area contributed by atoms with Crippen molar-refractivity contribution in [3.8, 4) is 0 Å². The highest BCUT2D eigenvalue weighted by Gasteiger charge is 2.17. The van der Waals surface area contributed by atoms with Gasteiger partial charge >= 0.3 is 5.65 Å². The molecule has 164 valence electrons. The summed E-state index contributed by atoms with van der Waals surface area (Å²) in [6.07, 6.45) is 8.74. The fourth-order valence-corrected chi connectivity index (χ4v) is 4.41. The molecule has 10 heteroatoms. The number of imidazole rings is 1. The van der Waals surface area contributed by atoms with Crippen LogP contribution in [-0.2, 0) is 21.8 Å². The first-order valence-corrected chi connectivity index (χ1v) is 11.5. The largest absolute Gasteiger partial charge is 0.353 e. The molecule has 1 atom stereocenters. The highest BCUT2D eigenvalue weighted by atomic mass is 32.2. The molecule has 1 aromatic carbocycles. The van der Waals surface area contributed by atoms with E-state index in [0.717, 1.165) is 60.6 Å². The number of aromatic amines is 1. The highest BCUT2D eigenvalue weighted by molar-refractivity contribution is 7.98. The lowest BCUT2D eigenvalue weighted by Crippen LogP contribution is -2.32. The molecule has 3 aromatic rings. The average molecular weight is 445 g/mol. The van der Waals surface area contributed by atoms with Gasteiger partial charge in [0.1, 0.15) is 5.03 Å². The Labute approximate surface area is 184 Å². The molecule has 31 heavy (non-hydrogen) atoms. The number of rotatable bonds is 10. The molecule has 1 unspecified atom stereocenters. The number of fused-ring (bicyclic) bond motifs is 1. The van der Waals surface area contributed by atoms with Crippen molar-refractivity contribution in [2.45, 2.75) is 55.7 Å². The number of nitro groups is 1. The van der Waals surface area contributed by atoms with E-state index in [1.54, 1.807) is 30.2 Å². The van der Waals surface area contributed by atoms with Crippen molar-refractivity contribution < 1.29 is 19.0 Å². The number of aryl methyl sites for hydroxylation is 1. The van der Waals surface area contributed by atoms with Crippen molar-refractivity contribution in [3.63, 3.8) is 0 Å². The van der Waals surface area contributed by atoms with Crippen LogP contribution in [0.3, 0.4) is 0 Å². The zero-order chi connectivity index (χ0) is 21.5. The second kappa shape index (κ2) is 10.7. The molecule has 1 saturated heterocycles. The summed E-state index contributed by atoms with van der Waals surface area (Å²) in [6.45, 7) is 2.36. The third-order valence-electron chi connectivity index (χ3n) is 5.19. The SMILES string of the molecule is O=[N+]([O-])c1ccc(CSc2ncnc3c2[nH]c[n+]3CCCCOC2CCCCO2)cc1.